The summed E-state index contributed by atoms with van der Waals surface area (Å²) >= 11 is 0. The Labute approximate surface area is 417 Å². The molecule has 0 fully saturated rings. The molecule has 0 saturated carbocycles. The quantitative estimate of drug-likeness (QED) is 0.128. The molecule has 0 spiro atoms. The predicted octanol–water partition coefficient (Wildman–Crippen LogP) is 15.9. The van der Waals surface area contributed by atoms with E-state index < -0.39 is 0 Å². The number of nitrogens with zero attached hydrogens (tertiary/aromatic N) is 4. The Morgan fingerprint density at radius 2 is 1.13 bits per heavy atom. The molecular weight excluding hydrogens is 1010 g/mol. The van der Waals surface area contributed by atoms with Crippen molar-refractivity contribution in [3.05, 3.63) is 234 Å². The SMILES string of the molecule is CC1=C(C)N(c2cccc(C(C)(C)C)c2)[CH-]N1c1[c-]c(Oc2[c-]c3c(cc2)c2cc(-c4ccccc4)ccc2n3-c2cc(C(C)(C)c3ccccc3)ccn2)cc(C(C)(C)c2ccccc2)c1.[Pt]. The zero-order chi connectivity index (χ0) is 46.7. The molecule has 9 aromatic rings. The van der Waals surface area contributed by atoms with Crippen LogP contribution in [0.2, 0.25) is 0 Å². The maximum atomic E-state index is 6.99. The first-order valence-corrected chi connectivity index (χ1v) is 23.3. The molecule has 0 radical (unpaired) electrons. The van der Waals surface area contributed by atoms with Crippen molar-refractivity contribution in [1.82, 2.24) is 9.55 Å². The van der Waals surface area contributed by atoms with E-state index in [0.29, 0.717) is 11.5 Å². The monoisotopic (exact) mass is 1070 g/mol. The molecule has 68 heavy (non-hydrogen) atoms. The standard InChI is InChI=1S/C62H57N4O.Pt/c1-42-43(2)65(41-64(42)51-27-19-26-48(35-51)60(3,4)5)52-36-50(62(8,9)47-24-17-12-18-25-47)37-54(39-52)67-53-29-30-55-56-34-45(44-20-13-10-14-21-44)28-31-57(56)66(58(55)40-53)59-38-49(32-33-63-59)61(6,7)46-22-15-11-16-23-46;/h10-38,41H,1-9H3;/q-3;. The Bertz CT molecular complexity index is 3310. The number of fused-ring (bicyclic) bond motifs is 3. The molecule has 0 amide bonds. The summed E-state index contributed by atoms with van der Waals surface area (Å²) in [4.78, 5) is 9.56. The second-order valence-corrected chi connectivity index (χ2v) is 20.0. The fourth-order valence-corrected chi connectivity index (χ4v) is 9.46. The number of ether oxygens (including phenoxy) is 1. The van der Waals surface area contributed by atoms with E-state index in [1.807, 2.05) is 12.3 Å². The summed E-state index contributed by atoms with van der Waals surface area (Å²) in [5, 5.41) is 2.19. The van der Waals surface area contributed by atoms with Gasteiger partial charge in [-0.15, -0.1) is 53.6 Å². The number of hydrogen-bond acceptors (Lipinski definition) is 4. The molecule has 0 saturated heterocycles. The van der Waals surface area contributed by atoms with Gasteiger partial charge in [-0.2, -0.15) is 6.07 Å². The molecule has 3 heterocycles. The van der Waals surface area contributed by atoms with Crippen LogP contribution in [-0.2, 0) is 37.3 Å². The van der Waals surface area contributed by atoms with Crippen LogP contribution in [0.3, 0.4) is 0 Å². The number of benzene rings is 7. The molecule has 2 aromatic heterocycles. The van der Waals surface area contributed by atoms with Crippen molar-refractivity contribution >= 4 is 33.2 Å². The van der Waals surface area contributed by atoms with Crippen LogP contribution in [0.1, 0.15) is 90.1 Å². The molecule has 0 N–H and O–H groups in total. The Morgan fingerprint density at radius 1 is 0.500 bits per heavy atom. The Morgan fingerprint density at radius 3 is 1.81 bits per heavy atom. The van der Waals surface area contributed by atoms with Gasteiger partial charge in [-0.3, -0.25) is 0 Å². The molecule has 10 rings (SSSR count). The van der Waals surface area contributed by atoms with Gasteiger partial charge in [-0.05, 0) is 93.8 Å². The van der Waals surface area contributed by atoms with Gasteiger partial charge in [0.25, 0.3) is 0 Å². The van der Waals surface area contributed by atoms with Crippen molar-refractivity contribution in [2.75, 3.05) is 9.80 Å². The summed E-state index contributed by atoms with van der Waals surface area (Å²) in [6, 6.07) is 67.9. The third kappa shape index (κ3) is 8.58. The maximum Gasteiger partial charge on any atom is 0.135 e. The van der Waals surface area contributed by atoms with Crippen LogP contribution in [0.15, 0.2) is 187 Å². The second-order valence-electron chi connectivity index (χ2n) is 20.0. The summed E-state index contributed by atoms with van der Waals surface area (Å²) in [5.74, 6) is 2.02. The van der Waals surface area contributed by atoms with Gasteiger partial charge in [0, 0.05) is 66.8 Å². The molecule has 0 aliphatic carbocycles. The van der Waals surface area contributed by atoms with Gasteiger partial charge in [-0.25, -0.2) is 4.98 Å². The average molecular weight is 1070 g/mol. The smallest absolute Gasteiger partial charge is 0.135 e. The minimum absolute atomic E-state index is 0. The van der Waals surface area contributed by atoms with Crippen LogP contribution in [0.25, 0.3) is 38.8 Å². The predicted molar refractivity (Wildman–Crippen MR) is 278 cm³/mol. The number of pyridine rings is 1. The minimum Gasteiger partial charge on any atom is -0.509 e. The summed E-state index contributed by atoms with van der Waals surface area (Å²) in [6.07, 6.45) is 1.93. The fourth-order valence-electron chi connectivity index (χ4n) is 9.46. The minimum atomic E-state index is -0.350. The average Bonchev–Trinajstić information content (AvgIpc) is 3.83. The van der Waals surface area contributed by atoms with E-state index in [4.69, 9.17) is 9.72 Å². The zero-order valence-electron chi connectivity index (χ0n) is 40.3. The number of hydrogen-bond donors (Lipinski definition) is 0. The van der Waals surface area contributed by atoms with Gasteiger partial charge < -0.3 is 19.1 Å². The van der Waals surface area contributed by atoms with E-state index in [0.717, 1.165) is 61.5 Å². The summed E-state index contributed by atoms with van der Waals surface area (Å²) < 4.78 is 9.22. The van der Waals surface area contributed by atoms with Crippen LogP contribution in [0, 0.1) is 18.8 Å². The van der Waals surface area contributed by atoms with Crippen molar-refractivity contribution < 1.29 is 25.8 Å². The van der Waals surface area contributed by atoms with Crippen molar-refractivity contribution in [3.8, 4) is 28.4 Å². The molecule has 1 aliphatic heterocycles. The van der Waals surface area contributed by atoms with Gasteiger partial charge in [-0.1, -0.05) is 169 Å². The molecule has 6 heteroatoms. The summed E-state index contributed by atoms with van der Waals surface area (Å²) in [5.41, 5.74) is 14.0. The van der Waals surface area contributed by atoms with Gasteiger partial charge >= 0.3 is 0 Å². The normalized spacial score (nSPS) is 13.4. The van der Waals surface area contributed by atoms with E-state index in [2.05, 4.69) is 259 Å². The van der Waals surface area contributed by atoms with Crippen molar-refractivity contribution in [3.63, 3.8) is 0 Å². The third-order valence-corrected chi connectivity index (χ3v) is 13.9. The molecular formula is C62H57N4OPt-3. The van der Waals surface area contributed by atoms with Gasteiger partial charge in [0.05, 0.1) is 0 Å². The Kier molecular flexibility index (Phi) is 12.4. The Balaban J connectivity index is 0.00000578. The van der Waals surface area contributed by atoms with E-state index in [-0.39, 0.29) is 37.3 Å². The van der Waals surface area contributed by atoms with E-state index in [1.165, 1.54) is 27.8 Å². The number of allylic oxidation sites excluding steroid dienone is 2. The first kappa shape index (κ1) is 46.4. The molecule has 0 bridgehead atoms. The summed E-state index contributed by atoms with van der Waals surface area (Å²) in [7, 11) is 0. The summed E-state index contributed by atoms with van der Waals surface area (Å²) in [6.45, 7) is 22.4. The first-order chi connectivity index (χ1) is 32.2. The molecule has 1 aliphatic rings. The van der Waals surface area contributed by atoms with Crippen molar-refractivity contribution in [2.24, 2.45) is 0 Å². The Hall–Kier alpha value is -6.68. The largest absolute Gasteiger partial charge is 0.509 e. The number of rotatable bonds is 10. The van der Waals surface area contributed by atoms with Gasteiger partial charge in [0.15, 0.2) is 0 Å². The molecule has 344 valence electrons. The first-order valence-electron chi connectivity index (χ1n) is 23.3. The number of aromatic nitrogens is 2. The van der Waals surface area contributed by atoms with E-state index in [9.17, 15) is 0 Å². The molecule has 5 nitrogen and oxygen atoms in total. The van der Waals surface area contributed by atoms with Crippen LogP contribution in [0.5, 0.6) is 11.5 Å². The topological polar surface area (TPSA) is 33.5 Å². The van der Waals surface area contributed by atoms with Crippen LogP contribution in [0.4, 0.5) is 11.4 Å². The molecule has 0 atom stereocenters. The van der Waals surface area contributed by atoms with Gasteiger partial charge in [0.2, 0.25) is 0 Å². The van der Waals surface area contributed by atoms with E-state index in [1.54, 1.807) is 0 Å². The van der Waals surface area contributed by atoms with Crippen molar-refractivity contribution in [1.29, 1.82) is 0 Å². The van der Waals surface area contributed by atoms with Crippen LogP contribution in [-0.4, -0.2) is 9.55 Å². The third-order valence-electron chi connectivity index (χ3n) is 13.9. The van der Waals surface area contributed by atoms with Crippen molar-refractivity contribution in [2.45, 2.75) is 78.6 Å². The molecule has 0 unspecified atom stereocenters. The van der Waals surface area contributed by atoms with E-state index >= 15 is 0 Å². The fraction of sp³-hybridized carbons (Fsp3) is 0.194. The number of anilines is 2. The van der Waals surface area contributed by atoms with Crippen LogP contribution >= 0.6 is 0 Å². The van der Waals surface area contributed by atoms with Crippen LogP contribution < -0.4 is 14.5 Å². The maximum absolute atomic E-state index is 6.99. The van der Waals surface area contributed by atoms with Gasteiger partial charge in [0.1, 0.15) is 5.82 Å². The second kappa shape index (κ2) is 18.1. The molecule has 7 aromatic carbocycles. The zero-order valence-corrected chi connectivity index (χ0v) is 42.6.